The van der Waals surface area contributed by atoms with Gasteiger partial charge in [-0.25, -0.2) is 0 Å². The van der Waals surface area contributed by atoms with Gasteiger partial charge in [-0.3, -0.25) is 19.2 Å². The highest BCUT2D eigenvalue weighted by Crippen LogP contribution is 2.22. The first-order chi connectivity index (χ1) is 14.4. The number of fused-ring (bicyclic) bond motifs is 1. The van der Waals surface area contributed by atoms with E-state index < -0.39 is 42.3 Å². The Morgan fingerprint density at radius 2 is 2.03 bits per heavy atom. The van der Waals surface area contributed by atoms with Gasteiger partial charge in [-0.1, -0.05) is 18.2 Å². The molecule has 1 saturated heterocycles. The summed E-state index contributed by atoms with van der Waals surface area (Å²) < 4.78 is 0. The number of nitrogens with two attached hydrogens (primary N) is 1. The quantitative estimate of drug-likeness (QED) is 0.385. The van der Waals surface area contributed by atoms with E-state index in [2.05, 4.69) is 15.6 Å². The van der Waals surface area contributed by atoms with Crippen molar-refractivity contribution in [1.29, 1.82) is 0 Å². The van der Waals surface area contributed by atoms with Crippen molar-refractivity contribution < 1.29 is 24.3 Å². The summed E-state index contributed by atoms with van der Waals surface area (Å²) in [6.07, 6.45) is 3.07. The number of nitrogens with zero attached hydrogens (tertiary/aromatic N) is 1. The van der Waals surface area contributed by atoms with Crippen molar-refractivity contribution in [3.8, 4) is 0 Å². The van der Waals surface area contributed by atoms with Crippen LogP contribution < -0.4 is 16.4 Å². The zero-order valence-electron chi connectivity index (χ0n) is 16.4. The Morgan fingerprint density at radius 1 is 1.27 bits per heavy atom. The molecule has 10 heteroatoms. The van der Waals surface area contributed by atoms with Crippen molar-refractivity contribution in [1.82, 2.24) is 20.5 Å². The lowest BCUT2D eigenvalue weighted by Gasteiger charge is -2.28. The van der Waals surface area contributed by atoms with Crippen LogP contribution in [-0.4, -0.2) is 70.4 Å². The molecule has 2 atom stereocenters. The van der Waals surface area contributed by atoms with Crippen molar-refractivity contribution in [2.24, 2.45) is 5.73 Å². The van der Waals surface area contributed by atoms with Crippen LogP contribution in [0.5, 0.6) is 0 Å². The normalized spacial score (nSPS) is 17.0. The van der Waals surface area contributed by atoms with Gasteiger partial charge in [0.2, 0.25) is 17.7 Å². The third-order valence-electron chi connectivity index (χ3n) is 5.17. The van der Waals surface area contributed by atoms with E-state index >= 15 is 0 Å². The number of aliphatic carboxylic acids is 1. The third-order valence-corrected chi connectivity index (χ3v) is 5.17. The standard InChI is InChI=1S/C20H25N5O5/c21-9-17(26)24-15(8-12-10-22-14-5-2-1-4-13(12)14)20(30)25-7-3-6-16(25)19(29)23-11-18(27)28/h1-2,4-5,10,15-16,22H,3,6-9,11,21H2,(H,23,29)(H,24,26)(H,27,28). The Labute approximate surface area is 172 Å². The number of aromatic nitrogens is 1. The Balaban J connectivity index is 1.80. The number of para-hydroxylation sites is 1. The number of hydrogen-bond donors (Lipinski definition) is 5. The van der Waals surface area contributed by atoms with Crippen LogP contribution in [0.25, 0.3) is 10.9 Å². The molecule has 10 nitrogen and oxygen atoms in total. The van der Waals surface area contributed by atoms with Crippen molar-refractivity contribution in [2.45, 2.75) is 31.3 Å². The summed E-state index contributed by atoms with van der Waals surface area (Å²) >= 11 is 0. The number of carbonyl (C=O) groups is 4. The van der Waals surface area contributed by atoms with E-state index in [1.165, 1.54) is 4.90 Å². The SMILES string of the molecule is NCC(=O)NC(Cc1c[nH]c2ccccc12)C(=O)N1CCCC1C(=O)NCC(=O)O. The Bertz CT molecular complexity index is 956. The molecular weight excluding hydrogens is 390 g/mol. The molecule has 6 N–H and O–H groups in total. The van der Waals surface area contributed by atoms with E-state index in [0.29, 0.717) is 19.4 Å². The molecule has 1 aromatic heterocycles. The molecule has 0 aliphatic carbocycles. The summed E-state index contributed by atoms with van der Waals surface area (Å²) in [6.45, 7) is -0.424. The average molecular weight is 415 g/mol. The van der Waals surface area contributed by atoms with Crippen molar-refractivity contribution in [3.05, 3.63) is 36.0 Å². The molecule has 2 unspecified atom stereocenters. The first kappa shape index (κ1) is 21.3. The molecule has 0 spiro atoms. The minimum Gasteiger partial charge on any atom is -0.480 e. The molecule has 30 heavy (non-hydrogen) atoms. The maximum absolute atomic E-state index is 13.3. The lowest BCUT2D eigenvalue weighted by Crippen LogP contribution is -2.55. The van der Waals surface area contributed by atoms with E-state index in [1.807, 2.05) is 24.3 Å². The lowest BCUT2D eigenvalue weighted by molar-refractivity contribution is -0.142. The summed E-state index contributed by atoms with van der Waals surface area (Å²) in [5.74, 6) is -2.54. The first-order valence-electron chi connectivity index (χ1n) is 9.75. The van der Waals surface area contributed by atoms with E-state index in [1.54, 1.807) is 6.20 Å². The van der Waals surface area contributed by atoms with Crippen molar-refractivity contribution in [2.75, 3.05) is 19.6 Å². The van der Waals surface area contributed by atoms with E-state index in [0.717, 1.165) is 16.5 Å². The number of carboxylic acids is 1. The summed E-state index contributed by atoms with van der Waals surface area (Å²) in [5.41, 5.74) is 7.19. The van der Waals surface area contributed by atoms with Gasteiger partial charge in [0.05, 0.1) is 6.54 Å². The minimum absolute atomic E-state index is 0.231. The fourth-order valence-corrected chi connectivity index (χ4v) is 3.76. The van der Waals surface area contributed by atoms with Gasteiger partial charge < -0.3 is 31.4 Å². The molecule has 2 aromatic rings. The molecule has 2 heterocycles. The van der Waals surface area contributed by atoms with Crippen LogP contribution in [0.15, 0.2) is 30.5 Å². The van der Waals surface area contributed by atoms with E-state index in [4.69, 9.17) is 10.8 Å². The molecular formula is C20H25N5O5. The Hall–Kier alpha value is -3.40. The van der Waals surface area contributed by atoms with Crippen LogP contribution in [0.2, 0.25) is 0 Å². The second-order valence-corrected chi connectivity index (χ2v) is 7.19. The third kappa shape index (κ3) is 4.77. The zero-order chi connectivity index (χ0) is 21.7. The van der Waals surface area contributed by atoms with Gasteiger partial charge in [0.1, 0.15) is 18.6 Å². The fraction of sp³-hybridized carbons (Fsp3) is 0.400. The predicted octanol–water partition coefficient (Wildman–Crippen LogP) is -0.654. The highest BCUT2D eigenvalue weighted by atomic mass is 16.4. The number of rotatable bonds is 8. The lowest BCUT2D eigenvalue weighted by atomic mass is 10.0. The summed E-state index contributed by atoms with van der Waals surface area (Å²) in [5, 5.41) is 14.7. The number of H-pyrrole nitrogens is 1. The van der Waals surface area contributed by atoms with Crippen LogP contribution in [0.4, 0.5) is 0 Å². The Morgan fingerprint density at radius 3 is 2.77 bits per heavy atom. The number of hydrogen-bond acceptors (Lipinski definition) is 5. The van der Waals surface area contributed by atoms with Gasteiger partial charge >= 0.3 is 5.97 Å². The van der Waals surface area contributed by atoms with Crippen LogP contribution >= 0.6 is 0 Å². The minimum atomic E-state index is -1.16. The van der Waals surface area contributed by atoms with Gasteiger partial charge in [0.25, 0.3) is 0 Å². The molecule has 0 saturated carbocycles. The van der Waals surface area contributed by atoms with Gasteiger partial charge in [0, 0.05) is 30.1 Å². The highest BCUT2D eigenvalue weighted by molar-refractivity contribution is 5.94. The van der Waals surface area contributed by atoms with Gasteiger partial charge in [-0.05, 0) is 24.5 Å². The number of amides is 3. The number of aromatic amines is 1. The fourth-order valence-electron chi connectivity index (χ4n) is 3.76. The topological polar surface area (TPSA) is 158 Å². The number of benzene rings is 1. The average Bonchev–Trinajstić information content (AvgIpc) is 3.38. The predicted molar refractivity (Wildman–Crippen MR) is 108 cm³/mol. The van der Waals surface area contributed by atoms with Gasteiger partial charge in [0.15, 0.2) is 0 Å². The molecule has 1 aliphatic heterocycles. The summed E-state index contributed by atoms with van der Waals surface area (Å²) in [6, 6.07) is 5.96. The molecule has 3 rings (SSSR count). The monoisotopic (exact) mass is 415 g/mol. The molecule has 1 aliphatic rings. The van der Waals surface area contributed by atoms with E-state index in [9.17, 15) is 19.2 Å². The second kappa shape index (κ2) is 9.40. The molecule has 0 bridgehead atoms. The number of carboxylic acid groups (broad SMARTS) is 1. The zero-order valence-corrected chi connectivity index (χ0v) is 16.4. The van der Waals surface area contributed by atoms with Gasteiger partial charge in [-0.15, -0.1) is 0 Å². The highest BCUT2D eigenvalue weighted by Gasteiger charge is 2.37. The molecule has 1 fully saturated rings. The number of likely N-dealkylation sites (tertiary alicyclic amines) is 1. The second-order valence-electron chi connectivity index (χ2n) is 7.19. The van der Waals surface area contributed by atoms with Crippen LogP contribution in [0, 0.1) is 0 Å². The summed E-state index contributed by atoms with van der Waals surface area (Å²) in [7, 11) is 0. The smallest absolute Gasteiger partial charge is 0.322 e. The number of nitrogens with one attached hydrogen (secondary N) is 3. The van der Waals surface area contributed by atoms with Crippen molar-refractivity contribution in [3.63, 3.8) is 0 Å². The maximum Gasteiger partial charge on any atom is 0.322 e. The first-order valence-corrected chi connectivity index (χ1v) is 9.75. The van der Waals surface area contributed by atoms with Crippen LogP contribution in [0.1, 0.15) is 18.4 Å². The van der Waals surface area contributed by atoms with Crippen LogP contribution in [0.3, 0.4) is 0 Å². The largest absolute Gasteiger partial charge is 0.480 e. The van der Waals surface area contributed by atoms with Gasteiger partial charge in [-0.2, -0.15) is 0 Å². The van der Waals surface area contributed by atoms with Crippen LogP contribution in [-0.2, 0) is 25.6 Å². The van der Waals surface area contributed by atoms with E-state index in [-0.39, 0.29) is 13.0 Å². The molecule has 3 amide bonds. The maximum atomic E-state index is 13.3. The number of carbonyl (C=O) groups excluding carboxylic acids is 3. The Kier molecular flexibility index (Phi) is 6.68. The summed E-state index contributed by atoms with van der Waals surface area (Å²) in [4.78, 5) is 52.9. The van der Waals surface area contributed by atoms with Crippen molar-refractivity contribution >= 4 is 34.6 Å². The molecule has 160 valence electrons. The molecule has 1 aromatic carbocycles. The molecule has 0 radical (unpaired) electrons.